The monoisotopic (exact) mass is 362 g/mol. The van der Waals surface area contributed by atoms with Gasteiger partial charge in [0.2, 0.25) is 0 Å². The molecule has 1 aromatic heterocycles. The largest absolute Gasteiger partial charge is 0.389 e. The van der Waals surface area contributed by atoms with Crippen molar-refractivity contribution in [2.45, 2.75) is 25.7 Å². The van der Waals surface area contributed by atoms with Gasteiger partial charge in [0.05, 0.1) is 18.4 Å². The van der Waals surface area contributed by atoms with Crippen molar-refractivity contribution in [3.63, 3.8) is 0 Å². The van der Waals surface area contributed by atoms with Crippen molar-refractivity contribution >= 4 is 0 Å². The molecule has 0 saturated heterocycles. The van der Waals surface area contributed by atoms with Gasteiger partial charge in [-0.3, -0.25) is 4.98 Å². The van der Waals surface area contributed by atoms with Crippen LogP contribution < -0.4 is 5.32 Å². The second kappa shape index (κ2) is 9.97. The molecule has 0 aliphatic rings. The molecule has 0 fully saturated rings. The molecule has 0 aliphatic heterocycles. The van der Waals surface area contributed by atoms with E-state index in [-0.39, 0.29) is 12.7 Å². The first-order valence-corrected chi connectivity index (χ1v) is 9.25. The van der Waals surface area contributed by atoms with Crippen LogP contribution in [0.5, 0.6) is 0 Å². The standard InChI is InChI=1S/C23H26N2O2/c1-18-9-5-6-13-22(18)23(19-10-3-2-4-11-19)27-17-21(26)16-24-15-20-12-7-8-14-25-20/h2-14,21,23-24,26H,15-17H2,1H3/t21-,23-/m1/s1. The number of nitrogens with zero attached hydrogens (tertiary/aromatic N) is 1. The maximum atomic E-state index is 10.3. The predicted molar refractivity (Wildman–Crippen MR) is 107 cm³/mol. The third-order valence-electron chi connectivity index (χ3n) is 4.44. The fourth-order valence-corrected chi connectivity index (χ4v) is 3.01. The van der Waals surface area contributed by atoms with Crippen LogP contribution in [0.1, 0.15) is 28.5 Å². The van der Waals surface area contributed by atoms with Crippen molar-refractivity contribution in [3.05, 3.63) is 101 Å². The highest BCUT2D eigenvalue weighted by Crippen LogP contribution is 2.28. The van der Waals surface area contributed by atoms with E-state index in [1.165, 1.54) is 5.56 Å². The van der Waals surface area contributed by atoms with Crippen molar-refractivity contribution in [1.29, 1.82) is 0 Å². The molecule has 1 heterocycles. The van der Waals surface area contributed by atoms with Crippen LogP contribution in [0.25, 0.3) is 0 Å². The van der Waals surface area contributed by atoms with Crippen molar-refractivity contribution in [2.75, 3.05) is 13.2 Å². The molecule has 0 saturated carbocycles. The highest BCUT2D eigenvalue weighted by molar-refractivity contribution is 5.35. The van der Waals surface area contributed by atoms with Gasteiger partial charge in [0.1, 0.15) is 6.10 Å². The number of ether oxygens (including phenoxy) is 1. The lowest BCUT2D eigenvalue weighted by Gasteiger charge is -2.22. The van der Waals surface area contributed by atoms with Crippen LogP contribution in [0.4, 0.5) is 0 Å². The fourth-order valence-electron chi connectivity index (χ4n) is 3.01. The summed E-state index contributed by atoms with van der Waals surface area (Å²) in [5, 5.41) is 13.6. The second-order valence-corrected chi connectivity index (χ2v) is 6.59. The molecular weight excluding hydrogens is 336 g/mol. The van der Waals surface area contributed by atoms with E-state index in [0.29, 0.717) is 13.1 Å². The van der Waals surface area contributed by atoms with Crippen molar-refractivity contribution < 1.29 is 9.84 Å². The molecule has 27 heavy (non-hydrogen) atoms. The number of nitrogens with one attached hydrogen (secondary N) is 1. The zero-order valence-electron chi connectivity index (χ0n) is 15.6. The number of rotatable bonds is 9. The van der Waals surface area contributed by atoms with Crippen LogP contribution in [0.15, 0.2) is 79.0 Å². The van der Waals surface area contributed by atoms with Gasteiger partial charge in [-0.05, 0) is 35.7 Å². The van der Waals surface area contributed by atoms with Crippen LogP contribution in [-0.2, 0) is 11.3 Å². The first kappa shape index (κ1) is 19.2. The summed E-state index contributed by atoms with van der Waals surface area (Å²) in [7, 11) is 0. The van der Waals surface area contributed by atoms with E-state index < -0.39 is 6.10 Å². The van der Waals surface area contributed by atoms with E-state index >= 15 is 0 Å². The van der Waals surface area contributed by atoms with Gasteiger partial charge in [-0.1, -0.05) is 60.7 Å². The van der Waals surface area contributed by atoms with Gasteiger partial charge >= 0.3 is 0 Å². The molecule has 0 bridgehead atoms. The maximum Gasteiger partial charge on any atom is 0.108 e. The van der Waals surface area contributed by atoms with Gasteiger partial charge in [-0.15, -0.1) is 0 Å². The summed E-state index contributed by atoms with van der Waals surface area (Å²) in [6, 6.07) is 24.1. The molecular formula is C23H26N2O2. The molecule has 0 aliphatic carbocycles. The van der Waals surface area contributed by atoms with Gasteiger partial charge in [0, 0.05) is 19.3 Å². The van der Waals surface area contributed by atoms with Crippen molar-refractivity contribution in [2.24, 2.45) is 0 Å². The zero-order valence-corrected chi connectivity index (χ0v) is 15.6. The minimum atomic E-state index is -0.594. The number of aryl methyl sites for hydroxylation is 1. The minimum Gasteiger partial charge on any atom is -0.389 e. The molecule has 0 amide bonds. The van der Waals surface area contributed by atoms with Crippen molar-refractivity contribution in [3.8, 4) is 0 Å². The van der Waals surface area contributed by atoms with Gasteiger partial charge in [0.25, 0.3) is 0 Å². The molecule has 0 radical (unpaired) electrons. The Morgan fingerprint density at radius 1 is 0.963 bits per heavy atom. The van der Waals surface area contributed by atoms with E-state index in [9.17, 15) is 5.11 Å². The van der Waals surface area contributed by atoms with Gasteiger partial charge in [-0.25, -0.2) is 0 Å². The molecule has 2 atom stereocenters. The van der Waals surface area contributed by atoms with Gasteiger partial charge < -0.3 is 15.2 Å². The third kappa shape index (κ3) is 5.73. The Hall–Kier alpha value is -2.53. The summed E-state index contributed by atoms with van der Waals surface area (Å²) < 4.78 is 6.15. The smallest absolute Gasteiger partial charge is 0.108 e. The highest BCUT2D eigenvalue weighted by atomic mass is 16.5. The summed E-state index contributed by atoms with van der Waals surface area (Å²) in [6.07, 6.45) is 0.977. The molecule has 140 valence electrons. The molecule has 4 nitrogen and oxygen atoms in total. The molecule has 0 unspecified atom stereocenters. The SMILES string of the molecule is Cc1ccccc1[C@H](OC[C@H](O)CNCc1ccccn1)c1ccccc1. The minimum absolute atomic E-state index is 0.196. The van der Waals surface area contributed by atoms with E-state index in [0.717, 1.165) is 16.8 Å². The van der Waals surface area contributed by atoms with E-state index in [4.69, 9.17) is 4.74 Å². The van der Waals surface area contributed by atoms with Crippen LogP contribution in [-0.4, -0.2) is 29.3 Å². The highest BCUT2D eigenvalue weighted by Gasteiger charge is 2.18. The van der Waals surface area contributed by atoms with Crippen LogP contribution >= 0.6 is 0 Å². The van der Waals surface area contributed by atoms with E-state index in [2.05, 4.69) is 41.5 Å². The second-order valence-electron chi connectivity index (χ2n) is 6.59. The number of aliphatic hydroxyl groups is 1. The Morgan fingerprint density at radius 3 is 2.44 bits per heavy atom. The molecule has 2 aromatic carbocycles. The molecule has 4 heteroatoms. The third-order valence-corrected chi connectivity index (χ3v) is 4.44. The van der Waals surface area contributed by atoms with Gasteiger partial charge in [0.15, 0.2) is 0 Å². The average Bonchev–Trinajstić information content (AvgIpc) is 2.71. The topological polar surface area (TPSA) is 54.4 Å². The Balaban J connectivity index is 1.59. The molecule has 0 spiro atoms. The summed E-state index contributed by atoms with van der Waals surface area (Å²) in [6.45, 7) is 3.41. The van der Waals surface area contributed by atoms with E-state index in [1.807, 2.05) is 48.5 Å². The number of aromatic nitrogens is 1. The van der Waals surface area contributed by atoms with Crippen molar-refractivity contribution in [1.82, 2.24) is 10.3 Å². The summed E-state index contributed by atoms with van der Waals surface area (Å²) >= 11 is 0. The zero-order chi connectivity index (χ0) is 18.9. The predicted octanol–water partition coefficient (Wildman–Crippen LogP) is 3.65. The van der Waals surface area contributed by atoms with Gasteiger partial charge in [-0.2, -0.15) is 0 Å². The lowest BCUT2D eigenvalue weighted by molar-refractivity contribution is 0.00625. The average molecular weight is 362 g/mol. The Morgan fingerprint density at radius 2 is 1.70 bits per heavy atom. The van der Waals surface area contributed by atoms with Crippen LogP contribution in [0.2, 0.25) is 0 Å². The summed E-state index contributed by atoms with van der Waals surface area (Å²) in [4.78, 5) is 4.26. The molecule has 3 rings (SSSR count). The Kier molecular flexibility index (Phi) is 7.11. The normalized spacial score (nSPS) is 13.3. The number of hydrogen-bond donors (Lipinski definition) is 2. The number of aliphatic hydroxyl groups excluding tert-OH is 1. The lowest BCUT2D eigenvalue weighted by Crippen LogP contribution is -2.31. The first-order chi connectivity index (χ1) is 13.2. The lowest BCUT2D eigenvalue weighted by atomic mass is 9.97. The maximum absolute atomic E-state index is 10.3. The Bertz CT molecular complexity index is 809. The summed E-state index contributed by atoms with van der Waals surface area (Å²) in [5.74, 6) is 0. The number of hydrogen-bond acceptors (Lipinski definition) is 4. The first-order valence-electron chi connectivity index (χ1n) is 9.25. The molecule has 3 aromatic rings. The quantitative estimate of drug-likeness (QED) is 0.610. The van der Waals surface area contributed by atoms with E-state index in [1.54, 1.807) is 6.20 Å². The number of pyridine rings is 1. The molecule has 2 N–H and O–H groups in total. The van der Waals surface area contributed by atoms with Crippen LogP contribution in [0.3, 0.4) is 0 Å². The van der Waals surface area contributed by atoms with Crippen LogP contribution in [0, 0.1) is 6.92 Å². The number of benzene rings is 2. The Labute approximate surface area is 160 Å². The fraction of sp³-hybridized carbons (Fsp3) is 0.261. The summed E-state index contributed by atoms with van der Waals surface area (Å²) in [5.41, 5.74) is 4.33.